The van der Waals surface area contributed by atoms with E-state index in [1.54, 1.807) is 61.6 Å². The molecule has 0 fully saturated rings. The number of para-hydroxylation sites is 1. The topological polar surface area (TPSA) is 90.7 Å². The molecule has 4 aromatic rings. The van der Waals surface area contributed by atoms with E-state index in [9.17, 15) is 14.0 Å². The number of benzene rings is 2. The van der Waals surface area contributed by atoms with Crippen molar-refractivity contribution in [1.29, 1.82) is 0 Å². The highest BCUT2D eigenvalue weighted by Crippen LogP contribution is 2.28. The van der Waals surface area contributed by atoms with Crippen LogP contribution in [0.15, 0.2) is 76.3 Å². The summed E-state index contributed by atoms with van der Waals surface area (Å²) in [5, 5.41) is 2.65. The van der Waals surface area contributed by atoms with Crippen LogP contribution in [0.25, 0.3) is 11.1 Å². The first kappa shape index (κ1) is 18.8. The summed E-state index contributed by atoms with van der Waals surface area (Å²) in [6.45, 7) is 0. The predicted molar refractivity (Wildman–Crippen MR) is 114 cm³/mol. The van der Waals surface area contributed by atoms with Crippen LogP contribution in [0.3, 0.4) is 0 Å². The molecular weight excluding hydrogens is 399 g/mol. The minimum Gasteiger partial charge on any atom is -0.463 e. The van der Waals surface area contributed by atoms with Crippen LogP contribution in [0.1, 0.15) is 21.6 Å². The molecule has 0 spiro atoms. The van der Waals surface area contributed by atoms with E-state index < -0.39 is 23.8 Å². The van der Waals surface area contributed by atoms with Crippen LogP contribution in [0.5, 0.6) is 0 Å². The number of carbonyl (C=O) groups excluding carboxylic acids is 2. The van der Waals surface area contributed by atoms with Crippen molar-refractivity contribution < 1.29 is 18.4 Å². The second-order valence-corrected chi connectivity index (χ2v) is 7.13. The van der Waals surface area contributed by atoms with E-state index in [0.29, 0.717) is 22.4 Å². The number of furan rings is 1. The highest BCUT2D eigenvalue weighted by atomic mass is 19.1. The minimum atomic E-state index is -1.24. The molecule has 2 aromatic carbocycles. The molecule has 1 aliphatic rings. The number of anilines is 1. The van der Waals surface area contributed by atoms with Crippen LogP contribution in [0.4, 0.5) is 10.1 Å². The lowest BCUT2D eigenvalue weighted by Gasteiger charge is -2.20. The second kappa shape index (κ2) is 7.24. The fraction of sp³-hybridized carbons (Fsp3) is 0.0870. The SMILES string of the molecule is CN1C(=O)C(NC(=O)c2cc3occc3[nH]2)N=C(c2ccccc2F)c2ccccc21. The Morgan fingerprint density at radius 2 is 1.87 bits per heavy atom. The number of fused-ring (bicyclic) bond motifs is 2. The summed E-state index contributed by atoms with van der Waals surface area (Å²) in [6, 6.07) is 16.6. The van der Waals surface area contributed by atoms with Crippen molar-refractivity contribution in [3.63, 3.8) is 0 Å². The van der Waals surface area contributed by atoms with E-state index in [1.807, 2.05) is 0 Å². The third-order valence-electron chi connectivity index (χ3n) is 5.22. The number of rotatable bonds is 3. The molecule has 0 bridgehead atoms. The number of nitrogens with zero attached hydrogens (tertiary/aromatic N) is 2. The van der Waals surface area contributed by atoms with Gasteiger partial charge in [0.05, 0.1) is 23.2 Å². The largest absolute Gasteiger partial charge is 0.463 e. The van der Waals surface area contributed by atoms with Crippen LogP contribution in [0, 0.1) is 5.82 Å². The molecule has 3 heterocycles. The minimum absolute atomic E-state index is 0.231. The van der Waals surface area contributed by atoms with Gasteiger partial charge >= 0.3 is 0 Å². The Hall–Kier alpha value is -4.20. The molecular formula is C23H17FN4O3. The third-order valence-corrected chi connectivity index (χ3v) is 5.22. The van der Waals surface area contributed by atoms with Crippen LogP contribution >= 0.6 is 0 Å². The summed E-state index contributed by atoms with van der Waals surface area (Å²) < 4.78 is 19.9. The second-order valence-electron chi connectivity index (χ2n) is 7.13. The van der Waals surface area contributed by atoms with Crippen molar-refractivity contribution in [2.45, 2.75) is 6.17 Å². The number of aromatic amines is 1. The predicted octanol–water partition coefficient (Wildman–Crippen LogP) is 3.47. The van der Waals surface area contributed by atoms with Gasteiger partial charge in [-0.05, 0) is 18.2 Å². The molecule has 2 amide bonds. The van der Waals surface area contributed by atoms with Crippen LogP contribution in [-0.2, 0) is 4.79 Å². The van der Waals surface area contributed by atoms with Gasteiger partial charge in [0, 0.05) is 30.3 Å². The first-order chi connectivity index (χ1) is 15.0. The zero-order valence-corrected chi connectivity index (χ0v) is 16.4. The summed E-state index contributed by atoms with van der Waals surface area (Å²) in [5.74, 6) is -1.44. The van der Waals surface area contributed by atoms with E-state index in [1.165, 1.54) is 17.2 Å². The zero-order valence-electron chi connectivity index (χ0n) is 16.4. The molecule has 2 N–H and O–H groups in total. The van der Waals surface area contributed by atoms with Gasteiger partial charge in [-0.3, -0.25) is 9.59 Å². The van der Waals surface area contributed by atoms with Crippen molar-refractivity contribution in [3.05, 3.63) is 89.6 Å². The average Bonchev–Trinajstić information content (AvgIpc) is 3.36. The summed E-state index contributed by atoms with van der Waals surface area (Å²) in [6.07, 6.45) is 0.267. The fourth-order valence-corrected chi connectivity index (χ4v) is 3.66. The quantitative estimate of drug-likeness (QED) is 0.536. The molecule has 7 nitrogen and oxygen atoms in total. The average molecular weight is 416 g/mol. The Labute approximate surface area is 176 Å². The Kier molecular flexibility index (Phi) is 4.39. The third kappa shape index (κ3) is 3.18. The lowest BCUT2D eigenvalue weighted by molar-refractivity contribution is -0.119. The monoisotopic (exact) mass is 416 g/mol. The van der Waals surface area contributed by atoms with Gasteiger partial charge in [-0.15, -0.1) is 0 Å². The van der Waals surface area contributed by atoms with Gasteiger partial charge in [0.1, 0.15) is 11.5 Å². The highest BCUT2D eigenvalue weighted by Gasteiger charge is 2.32. The van der Waals surface area contributed by atoms with Gasteiger partial charge in [-0.2, -0.15) is 0 Å². The smallest absolute Gasteiger partial charge is 0.272 e. The molecule has 5 rings (SSSR count). The number of likely N-dealkylation sites (N-methyl/N-ethyl adjacent to an activating group) is 1. The Balaban J connectivity index is 1.59. The number of nitrogens with one attached hydrogen (secondary N) is 2. The molecule has 0 radical (unpaired) electrons. The molecule has 0 aliphatic carbocycles. The standard InChI is InChI=1S/C23H17FN4O3/c1-28-18-9-5-3-7-14(18)20(13-6-2-4-8-15(13)24)26-21(23(28)30)27-22(29)17-12-19-16(25-17)10-11-31-19/h2-12,21,25H,1H3,(H,27,29). The molecule has 8 heteroatoms. The maximum Gasteiger partial charge on any atom is 0.272 e. The molecule has 1 aliphatic heterocycles. The van der Waals surface area contributed by atoms with E-state index >= 15 is 0 Å². The number of halogens is 1. The van der Waals surface area contributed by atoms with Gasteiger partial charge in [-0.1, -0.05) is 30.3 Å². The molecule has 0 saturated carbocycles. The first-order valence-electron chi connectivity index (χ1n) is 9.59. The number of aromatic nitrogens is 1. The van der Waals surface area contributed by atoms with Crippen molar-refractivity contribution in [3.8, 4) is 0 Å². The van der Waals surface area contributed by atoms with Gasteiger partial charge in [0.2, 0.25) is 6.17 Å². The maximum absolute atomic E-state index is 14.7. The van der Waals surface area contributed by atoms with Crippen molar-refractivity contribution in [2.24, 2.45) is 4.99 Å². The van der Waals surface area contributed by atoms with E-state index in [-0.39, 0.29) is 17.0 Å². The number of benzodiazepines with no additional fused rings is 1. The number of hydrogen-bond acceptors (Lipinski definition) is 4. The number of H-pyrrole nitrogens is 1. The fourth-order valence-electron chi connectivity index (χ4n) is 3.66. The van der Waals surface area contributed by atoms with Crippen molar-refractivity contribution >= 4 is 34.3 Å². The lowest BCUT2D eigenvalue weighted by atomic mass is 10.00. The summed E-state index contributed by atoms with van der Waals surface area (Å²) in [7, 11) is 1.60. The van der Waals surface area contributed by atoms with E-state index in [2.05, 4.69) is 15.3 Å². The normalized spacial score (nSPS) is 16.1. The van der Waals surface area contributed by atoms with Crippen LogP contribution in [0.2, 0.25) is 0 Å². The maximum atomic E-state index is 14.7. The lowest BCUT2D eigenvalue weighted by Crippen LogP contribution is -2.46. The van der Waals surface area contributed by atoms with Crippen molar-refractivity contribution in [1.82, 2.24) is 10.3 Å². The number of hydrogen-bond donors (Lipinski definition) is 2. The molecule has 2 aromatic heterocycles. The molecule has 1 unspecified atom stereocenters. The zero-order chi connectivity index (χ0) is 21.5. The Morgan fingerprint density at radius 3 is 2.65 bits per heavy atom. The molecule has 31 heavy (non-hydrogen) atoms. The number of carbonyl (C=O) groups is 2. The molecule has 154 valence electrons. The first-order valence-corrected chi connectivity index (χ1v) is 9.59. The van der Waals surface area contributed by atoms with E-state index in [0.717, 1.165) is 0 Å². The summed E-state index contributed by atoms with van der Waals surface area (Å²) in [5.41, 5.74) is 3.12. The molecule has 1 atom stereocenters. The van der Waals surface area contributed by atoms with Gasteiger partial charge in [0.15, 0.2) is 5.58 Å². The van der Waals surface area contributed by atoms with E-state index in [4.69, 9.17) is 4.42 Å². The molecule has 0 saturated heterocycles. The van der Waals surface area contributed by atoms with Crippen LogP contribution in [-0.4, -0.2) is 35.7 Å². The Morgan fingerprint density at radius 1 is 1.13 bits per heavy atom. The number of aliphatic imine (C=N–C) groups is 1. The summed E-state index contributed by atoms with van der Waals surface area (Å²) in [4.78, 5) is 34.8. The summed E-state index contributed by atoms with van der Waals surface area (Å²) >= 11 is 0. The van der Waals surface area contributed by atoms with Crippen molar-refractivity contribution in [2.75, 3.05) is 11.9 Å². The Bertz CT molecular complexity index is 1330. The van der Waals surface area contributed by atoms with Gasteiger partial charge < -0.3 is 19.6 Å². The van der Waals surface area contributed by atoms with Gasteiger partial charge in [-0.25, -0.2) is 9.38 Å². The van der Waals surface area contributed by atoms with Gasteiger partial charge in [0.25, 0.3) is 11.8 Å². The highest BCUT2D eigenvalue weighted by molar-refractivity contribution is 6.20. The number of amides is 2. The van der Waals surface area contributed by atoms with Crippen LogP contribution < -0.4 is 10.2 Å².